The second-order valence-electron chi connectivity index (χ2n) is 4.12. The molecule has 0 bridgehead atoms. The maximum atomic E-state index is 12.1. The van der Waals surface area contributed by atoms with Crippen molar-refractivity contribution < 1.29 is 14.3 Å². The van der Waals surface area contributed by atoms with Crippen LogP contribution in [0.4, 0.5) is 0 Å². The van der Waals surface area contributed by atoms with Crippen molar-refractivity contribution in [2.45, 2.75) is 20.8 Å². The topological polar surface area (TPSA) is 61.3 Å². The average Bonchev–Trinajstić information content (AvgIpc) is 2.83. The molecule has 0 unspecified atom stereocenters. The minimum absolute atomic E-state index is 0.313. The Balaban J connectivity index is 2.64. The first-order valence-electron chi connectivity index (χ1n) is 6.50. The van der Waals surface area contributed by atoms with Crippen molar-refractivity contribution in [2.24, 2.45) is 0 Å². The van der Waals surface area contributed by atoms with Crippen molar-refractivity contribution in [1.82, 2.24) is 10.2 Å². The van der Waals surface area contributed by atoms with Crippen LogP contribution in [0.15, 0.2) is 6.26 Å². The third-order valence-electron chi connectivity index (χ3n) is 2.80. The van der Waals surface area contributed by atoms with E-state index in [-0.39, 0.29) is 5.97 Å². The normalized spacial score (nSPS) is 11.2. The highest BCUT2D eigenvalue weighted by atomic mass is 35.5. The van der Waals surface area contributed by atoms with Gasteiger partial charge in [-0.3, -0.25) is 0 Å². The largest absolute Gasteiger partial charge is 0.501 e. The molecule has 0 aliphatic carbocycles. The first-order valence-corrected chi connectivity index (χ1v) is 7.70. The molecule has 0 N–H and O–H groups in total. The standard InChI is InChI=1S/C14H15ClN2O3S/c1-4-19-7-6-9-10-8(3)12(15)16-17-13(10)21-11(9)14(18)20-5-2/h6-7H,4-5H2,1-3H3/b7-6+. The summed E-state index contributed by atoms with van der Waals surface area (Å²) in [6, 6.07) is 0. The van der Waals surface area contributed by atoms with Crippen LogP contribution in [-0.2, 0) is 9.47 Å². The molecule has 0 fully saturated rings. The van der Waals surface area contributed by atoms with Crippen molar-refractivity contribution in [3.63, 3.8) is 0 Å². The van der Waals surface area contributed by atoms with E-state index in [4.69, 9.17) is 21.1 Å². The smallest absolute Gasteiger partial charge is 0.349 e. The van der Waals surface area contributed by atoms with Gasteiger partial charge in [-0.05, 0) is 32.4 Å². The molecule has 2 rings (SSSR count). The number of aromatic nitrogens is 2. The molecule has 0 saturated carbocycles. The first-order chi connectivity index (χ1) is 10.1. The highest BCUT2D eigenvalue weighted by molar-refractivity contribution is 7.20. The molecule has 5 nitrogen and oxygen atoms in total. The molecular formula is C14H15ClN2O3S. The van der Waals surface area contributed by atoms with Crippen molar-refractivity contribution in [3.8, 4) is 0 Å². The number of hydrogen-bond acceptors (Lipinski definition) is 6. The lowest BCUT2D eigenvalue weighted by Crippen LogP contribution is -2.03. The number of aryl methyl sites for hydroxylation is 1. The summed E-state index contributed by atoms with van der Waals surface area (Å²) in [5.41, 5.74) is 1.49. The van der Waals surface area contributed by atoms with Gasteiger partial charge in [0.1, 0.15) is 9.71 Å². The number of rotatable bonds is 5. The van der Waals surface area contributed by atoms with Crippen LogP contribution in [0.3, 0.4) is 0 Å². The number of carbonyl (C=O) groups excluding carboxylic acids is 1. The van der Waals surface area contributed by atoms with Gasteiger partial charge in [0.2, 0.25) is 0 Å². The number of halogens is 1. The summed E-state index contributed by atoms with van der Waals surface area (Å²) in [5.74, 6) is -0.382. The van der Waals surface area contributed by atoms with Gasteiger partial charge in [0.15, 0.2) is 5.15 Å². The molecule has 0 radical (unpaired) electrons. The van der Waals surface area contributed by atoms with Gasteiger partial charge in [-0.25, -0.2) is 4.79 Å². The molecule has 0 saturated heterocycles. The van der Waals surface area contributed by atoms with Gasteiger partial charge >= 0.3 is 5.97 Å². The summed E-state index contributed by atoms with van der Waals surface area (Å²) in [6.45, 7) is 6.36. The monoisotopic (exact) mass is 326 g/mol. The van der Waals surface area contributed by atoms with E-state index in [1.807, 2.05) is 13.8 Å². The summed E-state index contributed by atoms with van der Waals surface area (Å²) in [5, 5.41) is 9.05. The van der Waals surface area contributed by atoms with Gasteiger partial charge in [0, 0.05) is 10.9 Å². The van der Waals surface area contributed by atoms with E-state index >= 15 is 0 Å². The summed E-state index contributed by atoms with van der Waals surface area (Å²) in [4.78, 5) is 13.2. The molecule has 112 valence electrons. The summed E-state index contributed by atoms with van der Waals surface area (Å²) in [6.07, 6.45) is 3.29. The summed E-state index contributed by atoms with van der Waals surface area (Å²) >= 11 is 7.27. The Bertz CT molecular complexity index is 697. The number of carbonyl (C=O) groups is 1. The second-order valence-corrected chi connectivity index (χ2v) is 5.48. The van der Waals surface area contributed by atoms with Gasteiger partial charge < -0.3 is 9.47 Å². The number of fused-ring (bicyclic) bond motifs is 1. The van der Waals surface area contributed by atoms with E-state index in [2.05, 4.69) is 10.2 Å². The fourth-order valence-corrected chi connectivity index (χ4v) is 3.05. The van der Waals surface area contributed by atoms with E-state index in [1.54, 1.807) is 19.3 Å². The number of esters is 1. The van der Waals surface area contributed by atoms with Crippen molar-refractivity contribution in [1.29, 1.82) is 0 Å². The molecule has 2 heterocycles. The Labute approximate surface area is 131 Å². The highest BCUT2D eigenvalue weighted by Crippen LogP contribution is 2.35. The highest BCUT2D eigenvalue weighted by Gasteiger charge is 2.21. The third-order valence-corrected chi connectivity index (χ3v) is 4.23. The van der Waals surface area contributed by atoms with Gasteiger partial charge in [-0.2, -0.15) is 0 Å². The SMILES string of the molecule is CCO/C=C/c1c(C(=O)OCC)sc2nnc(Cl)c(C)c12. The zero-order chi connectivity index (χ0) is 15.4. The summed E-state index contributed by atoms with van der Waals surface area (Å²) in [7, 11) is 0. The van der Waals surface area contributed by atoms with E-state index in [1.165, 1.54) is 11.3 Å². The Morgan fingerprint density at radius 3 is 2.76 bits per heavy atom. The maximum absolute atomic E-state index is 12.1. The lowest BCUT2D eigenvalue weighted by atomic mass is 10.1. The van der Waals surface area contributed by atoms with E-state index in [9.17, 15) is 4.79 Å². The van der Waals surface area contributed by atoms with Crippen molar-refractivity contribution >= 4 is 45.2 Å². The number of hydrogen-bond donors (Lipinski definition) is 0. The predicted molar refractivity (Wildman–Crippen MR) is 83.8 cm³/mol. The molecule has 21 heavy (non-hydrogen) atoms. The predicted octanol–water partition coefficient (Wildman–Crippen LogP) is 3.84. The van der Waals surface area contributed by atoms with Crippen LogP contribution in [0.25, 0.3) is 16.3 Å². The van der Waals surface area contributed by atoms with Gasteiger partial charge in [0.05, 0.1) is 19.5 Å². The number of thiophene rings is 1. The lowest BCUT2D eigenvalue weighted by molar-refractivity contribution is 0.0532. The molecule has 0 atom stereocenters. The van der Waals surface area contributed by atoms with Crippen molar-refractivity contribution in [3.05, 3.63) is 27.4 Å². The minimum Gasteiger partial charge on any atom is -0.501 e. The molecule has 2 aromatic rings. The molecule has 0 aliphatic rings. The average molecular weight is 327 g/mol. The number of nitrogens with zero attached hydrogens (tertiary/aromatic N) is 2. The summed E-state index contributed by atoms with van der Waals surface area (Å²) < 4.78 is 10.3. The number of ether oxygens (including phenoxy) is 2. The third kappa shape index (κ3) is 3.16. The van der Waals surface area contributed by atoms with Gasteiger partial charge in [-0.1, -0.05) is 11.6 Å². The van der Waals surface area contributed by atoms with E-state index in [0.29, 0.717) is 33.6 Å². The fraction of sp³-hybridized carbons (Fsp3) is 0.357. The lowest BCUT2D eigenvalue weighted by Gasteiger charge is -2.02. The van der Waals surface area contributed by atoms with Crippen LogP contribution in [0, 0.1) is 6.92 Å². The van der Waals surface area contributed by atoms with Crippen LogP contribution in [0.1, 0.15) is 34.6 Å². The zero-order valence-electron chi connectivity index (χ0n) is 12.0. The Morgan fingerprint density at radius 1 is 1.33 bits per heavy atom. The molecular weight excluding hydrogens is 312 g/mol. The minimum atomic E-state index is -0.382. The van der Waals surface area contributed by atoms with Crippen LogP contribution in [0.5, 0.6) is 0 Å². The van der Waals surface area contributed by atoms with Crippen LogP contribution < -0.4 is 0 Å². The Morgan fingerprint density at radius 2 is 2.10 bits per heavy atom. The molecule has 2 aromatic heterocycles. The van der Waals surface area contributed by atoms with Gasteiger partial charge in [0.25, 0.3) is 0 Å². The van der Waals surface area contributed by atoms with Gasteiger partial charge in [-0.15, -0.1) is 21.5 Å². The van der Waals surface area contributed by atoms with E-state index < -0.39 is 0 Å². The van der Waals surface area contributed by atoms with Crippen LogP contribution in [0.2, 0.25) is 5.15 Å². The van der Waals surface area contributed by atoms with Crippen LogP contribution in [-0.4, -0.2) is 29.4 Å². The quantitative estimate of drug-likeness (QED) is 0.617. The maximum Gasteiger partial charge on any atom is 0.349 e. The molecule has 0 spiro atoms. The molecule has 7 heteroatoms. The Hall–Kier alpha value is -1.66. The first kappa shape index (κ1) is 15.7. The molecule has 0 amide bonds. The fourth-order valence-electron chi connectivity index (χ4n) is 1.85. The Kier molecular flexibility index (Phi) is 5.14. The molecule has 0 aromatic carbocycles. The van der Waals surface area contributed by atoms with Crippen molar-refractivity contribution in [2.75, 3.05) is 13.2 Å². The second kappa shape index (κ2) is 6.87. The zero-order valence-corrected chi connectivity index (χ0v) is 13.5. The van der Waals surface area contributed by atoms with E-state index in [0.717, 1.165) is 10.9 Å². The van der Waals surface area contributed by atoms with Crippen LogP contribution >= 0.6 is 22.9 Å². The molecule has 0 aliphatic heterocycles.